The van der Waals surface area contributed by atoms with Crippen LogP contribution in [0.3, 0.4) is 0 Å². The van der Waals surface area contributed by atoms with Gasteiger partial charge in [0.1, 0.15) is 0 Å². The van der Waals surface area contributed by atoms with E-state index >= 15 is 0 Å². The number of aryl methyl sites for hydroxylation is 1. The summed E-state index contributed by atoms with van der Waals surface area (Å²) in [6.45, 7) is 5.53. The van der Waals surface area contributed by atoms with E-state index in [1.54, 1.807) is 12.1 Å². The minimum Gasteiger partial charge on any atom is -0.481 e. The smallest absolute Gasteiger partial charge is 0.308 e. The van der Waals surface area contributed by atoms with Crippen LogP contribution in [-0.2, 0) is 4.79 Å². The van der Waals surface area contributed by atoms with Crippen molar-refractivity contribution in [2.24, 2.45) is 11.8 Å². The zero-order valence-electron chi connectivity index (χ0n) is 11.2. The van der Waals surface area contributed by atoms with Crippen molar-refractivity contribution in [2.45, 2.75) is 20.8 Å². The fourth-order valence-corrected chi connectivity index (χ4v) is 1.94. The number of amides is 1. The standard InChI is InChI=1S/C14H18ClNO3/c1-8(2)11(14(18)19)7-16-13(17)10-6-4-5-9(3)12(10)15/h4-6,8,11H,7H2,1-3H3,(H,16,17)(H,18,19). The molecule has 0 aliphatic rings. The maximum atomic E-state index is 12.0. The average molecular weight is 284 g/mol. The number of carbonyl (C=O) groups is 2. The van der Waals surface area contributed by atoms with Crippen molar-refractivity contribution in [3.05, 3.63) is 34.3 Å². The topological polar surface area (TPSA) is 66.4 Å². The molecule has 1 aromatic carbocycles. The van der Waals surface area contributed by atoms with Crippen LogP contribution in [0.4, 0.5) is 0 Å². The quantitative estimate of drug-likeness (QED) is 0.873. The fraction of sp³-hybridized carbons (Fsp3) is 0.429. The molecule has 0 aromatic heterocycles. The number of aliphatic carboxylic acids is 1. The van der Waals surface area contributed by atoms with Crippen LogP contribution in [0, 0.1) is 18.8 Å². The maximum Gasteiger partial charge on any atom is 0.308 e. The Morgan fingerprint density at radius 2 is 2.00 bits per heavy atom. The predicted octanol–water partition coefficient (Wildman–Crippen LogP) is 2.74. The fourth-order valence-electron chi connectivity index (χ4n) is 1.73. The van der Waals surface area contributed by atoms with Crippen LogP contribution < -0.4 is 5.32 Å². The molecule has 5 heteroatoms. The Bertz CT molecular complexity index is 486. The minimum atomic E-state index is -0.911. The molecule has 4 nitrogen and oxygen atoms in total. The van der Waals surface area contributed by atoms with Gasteiger partial charge >= 0.3 is 5.97 Å². The lowest BCUT2D eigenvalue weighted by Crippen LogP contribution is -2.35. The SMILES string of the molecule is Cc1cccc(C(=O)NCC(C(=O)O)C(C)C)c1Cl. The van der Waals surface area contributed by atoms with Crippen molar-refractivity contribution in [1.29, 1.82) is 0 Å². The van der Waals surface area contributed by atoms with Gasteiger partial charge in [0, 0.05) is 6.54 Å². The van der Waals surface area contributed by atoms with Gasteiger partial charge in [-0.05, 0) is 24.5 Å². The van der Waals surface area contributed by atoms with Crippen LogP contribution in [0.25, 0.3) is 0 Å². The lowest BCUT2D eigenvalue weighted by atomic mass is 9.96. The van der Waals surface area contributed by atoms with Crippen molar-refractivity contribution < 1.29 is 14.7 Å². The van der Waals surface area contributed by atoms with Gasteiger partial charge in [0.05, 0.1) is 16.5 Å². The Balaban J connectivity index is 2.75. The second-order valence-corrected chi connectivity index (χ2v) is 5.21. The molecule has 1 atom stereocenters. The van der Waals surface area contributed by atoms with E-state index in [4.69, 9.17) is 16.7 Å². The first-order valence-electron chi connectivity index (χ1n) is 6.10. The van der Waals surface area contributed by atoms with Crippen molar-refractivity contribution in [3.8, 4) is 0 Å². The Kier molecular flexibility index (Phi) is 5.36. The number of carboxylic acid groups (broad SMARTS) is 1. The highest BCUT2D eigenvalue weighted by Gasteiger charge is 2.22. The summed E-state index contributed by atoms with van der Waals surface area (Å²) in [4.78, 5) is 23.0. The van der Waals surface area contributed by atoms with Crippen LogP contribution in [0.2, 0.25) is 5.02 Å². The molecule has 0 aliphatic heterocycles. The number of hydrogen-bond donors (Lipinski definition) is 2. The molecule has 1 amide bonds. The van der Waals surface area contributed by atoms with Gasteiger partial charge in [-0.3, -0.25) is 9.59 Å². The Morgan fingerprint density at radius 1 is 1.37 bits per heavy atom. The van der Waals surface area contributed by atoms with Crippen molar-refractivity contribution in [2.75, 3.05) is 6.54 Å². The molecule has 0 saturated carbocycles. The van der Waals surface area contributed by atoms with E-state index in [9.17, 15) is 9.59 Å². The van der Waals surface area contributed by atoms with Gasteiger partial charge in [0.25, 0.3) is 5.91 Å². The van der Waals surface area contributed by atoms with Crippen LogP contribution in [0.15, 0.2) is 18.2 Å². The average Bonchev–Trinajstić information content (AvgIpc) is 2.31. The first-order chi connectivity index (χ1) is 8.84. The highest BCUT2D eigenvalue weighted by atomic mass is 35.5. The van der Waals surface area contributed by atoms with Gasteiger partial charge in [-0.1, -0.05) is 37.6 Å². The van der Waals surface area contributed by atoms with Gasteiger partial charge in [-0.25, -0.2) is 0 Å². The largest absolute Gasteiger partial charge is 0.481 e. The molecule has 0 aliphatic carbocycles. The second-order valence-electron chi connectivity index (χ2n) is 4.84. The highest BCUT2D eigenvalue weighted by molar-refractivity contribution is 6.34. The Morgan fingerprint density at radius 3 is 2.53 bits per heavy atom. The lowest BCUT2D eigenvalue weighted by Gasteiger charge is -2.17. The minimum absolute atomic E-state index is 0.0502. The van der Waals surface area contributed by atoms with E-state index in [1.165, 1.54) is 0 Å². The van der Waals surface area contributed by atoms with E-state index in [2.05, 4.69) is 5.32 Å². The molecule has 1 unspecified atom stereocenters. The van der Waals surface area contributed by atoms with E-state index in [-0.39, 0.29) is 18.4 Å². The molecule has 0 radical (unpaired) electrons. The van der Waals surface area contributed by atoms with Crippen LogP contribution in [0.1, 0.15) is 29.8 Å². The summed E-state index contributed by atoms with van der Waals surface area (Å²) in [5.74, 6) is -1.91. The van der Waals surface area contributed by atoms with Gasteiger partial charge in [0.15, 0.2) is 0 Å². The third-order valence-electron chi connectivity index (χ3n) is 3.04. The molecule has 0 bridgehead atoms. The summed E-state index contributed by atoms with van der Waals surface area (Å²) in [7, 11) is 0. The monoisotopic (exact) mass is 283 g/mol. The maximum absolute atomic E-state index is 12.0. The number of benzene rings is 1. The van der Waals surface area contributed by atoms with Crippen LogP contribution in [-0.4, -0.2) is 23.5 Å². The third kappa shape index (κ3) is 3.96. The molecular weight excluding hydrogens is 266 g/mol. The number of hydrogen-bond acceptors (Lipinski definition) is 2. The number of halogens is 1. The molecule has 2 N–H and O–H groups in total. The number of nitrogens with one attached hydrogen (secondary N) is 1. The van der Waals surface area contributed by atoms with Crippen molar-refractivity contribution in [1.82, 2.24) is 5.32 Å². The number of carbonyl (C=O) groups excluding carboxylic acids is 1. The molecule has 104 valence electrons. The molecule has 19 heavy (non-hydrogen) atoms. The van der Waals surface area contributed by atoms with Crippen molar-refractivity contribution >= 4 is 23.5 Å². The van der Waals surface area contributed by atoms with E-state index < -0.39 is 11.9 Å². The van der Waals surface area contributed by atoms with E-state index in [0.717, 1.165) is 5.56 Å². The zero-order valence-corrected chi connectivity index (χ0v) is 12.0. The molecular formula is C14H18ClNO3. The van der Waals surface area contributed by atoms with Crippen molar-refractivity contribution in [3.63, 3.8) is 0 Å². The third-order valence-corrected chi connectivity index (χ3v) is 3.54. The molecule has 1 aromatic rings. The molecule has 0 saturated heterocycles. The Labute approximate surface area is 117 Å². The van der Waals surface area contributed by atoms with E-state index in [0.29, 0.717) is 10.6 Å². The molecule has 0 spiro atoms. The van der Waals surface area contributed by atoms with Gasteiger partial charge in [-0.15, -0.1) is 0 Å². The molecule has 0 fully saturated rings. The predicted molar refractivity (Wildman–Crippen MR) is 74.5 cm³/mol. The van der Waals surface area contributed by atoms with Gasteiger partial charge in [-0.2, -0.15) is 0 Å². The summed E-state index contributed by atoms with van der Waals surface area (Å²) >= 11 is 6.05. The zero-order chi connectivity index (χ0) is 14.6. The second kappa shape index (κ2) is 6.57. The number of rotatable bonds is 5. The lowest BCUT2D eigenvalue weighted by molar-refractivity contribution is -0.142. The summed E-state index contributed by atoms with van der Waals surface area (Å²) in [5, 5.41) is 12.1. The first-order valence-corrected chi connectivity index (χ1v) is 6.48. The molecule has 1 rings (SSSR count). The normalized spacial score (nSPS) is 12.3. The highest BCUT2D eigenvalue weighted by Crippen LogP contribution is 2.20. The molecule has 0 heterocycles. The summed E-state index contributed by atoms with van der Waals surface area (Å²) in [5.41, 5.74) is 1.18. The Hall–Kier alpha value is -1.55. The van der Waals surface area contributed by atoms with Gasteiger partial charge < -0.3 is 10.4 Å². The number of carboxylic acids is 1. The summed E-state index contributed by atoms with van der Waals surface area (Å²) < 4.78 is 0. The first kappa shape index (κ1) is 15.5. The van der Waals surface area contributed by atoms with E-state index in [1.807, 2.05) is 26.8 Å². The summed E-state index contributed by atoms with van der Waals surface area (Å²) in [6.07, 6.45) is 0. The summed E-state index contributed by atoms with van der Waals surface area (Å²) in [6, 6.07) is 5.18. The van der Waals surface area contributed by atoms with Crippen LogP contribution >= 0.6 is 11.6 Å². The van der Waals surface area contributed by atoms with Gasteiger partial charge in [0.2, 0.25) is 0 Å². The van der Waals surface area contributed by atoms with Crippen LogP contribution in [0.5, 0.6) is 0 Å².